The third kappa shape index (κ3) is 4.09. The molecule has 2 atom stereocenters. The topological polar surface area (TPSA) is 0 Å². The first-order chi connectivity index (χ1) is 11.7. The molecular weight excluding hydrogens is 288 g/mol. The summed E-state index contributed by atoms with van der Waals surface area (Å²) in [4.78, 5) is 0. The number of rotatable bonds is 6. The van der Waals surface area contributed by atoms with E-state index >= 15 is 0 Å². The third-order valence-corrected chi connectivity index (χ3v) is 5.80. The Morgan fingerprint density at radius 1 is 0.958 bits per heavy atom. The first kappa shape index (κ1) is 17.3. The van der Waals surface area contributed by atoms with Crippen molar-refractivity contribution in [3.8, 4) is 11.1 Å². The van der Waals surface area contributed by atoms with E-state index in [1.54, 1.807) is 11.1 Å². The molecule has 2 unspecified atom stereocenters. The van der Waals surface area contributed by atoms with Crippen molar-refractivity contribution >= 4 is 0 Å². The number of hydrogen-bond acceptors (Lipinski definition) is 0. The van der Waals surface area contributed by atoms with Crippen molar-refractivity contribution in [1.29, 1.82) is 0 Å². The maximum atomic E-state index is 2.45. The van der Waals surface area contributed by atoms with Crippen LogP contribution in [0.1, 0.15) is 63.1 Å². The Labute approximate surface area is 148 Å². The van der Waals surface area contributed by atoms with E-state index in [-0.39, 0.29) is 0 Å². The minimum absolute atomic E-state index is 0.774. The van der Waals surface area contributed by atoms with E-state index in [2.05, 4.69) is 63.2 Å². The molecule has 1 aliphatic carbocycles. The Morgan fingerprint density at radius 2 is 1.71 bits per heavy atom. The van der Waals surface area contributed by atoms with E-state index in [1.807, 2.05) is 0 Å². The molecule has 24 heavy (non-hydrogen) atoms. The molecule has 0 aromatic heterocycles. The van der Waals surface area contributed by atoms with Gasteiger partial charge in [0.1, 0.15) is 0 Å². The van der Waals surface area contributed by atoms with Crippen LogP contribution in [0.25, 0.3) is 11.1 Å². The van der Waals surface area contributed by atoms with Gasteiger partial charge in [0.15, 0.2) is 0 Å². The molecule has 3 rings (SSSR count). The normalized spacial score (nSPS) is 18.2. The van der Waals surface area contributed by atoms with Gasteiger partial charge in [0.2, 0.25) is 0 Å². The van der Waals surface area contributed by atoms with Gasteiger partial charge < -0.3 is 0 Å². The molecule has 2 aromatic rings. The first-order valence-corrected chi connectivity index (χ1v) is 9.90. The van der Waals surface area contributed by atoms with E-state index in [1.165, 1.54) is 61.6 Å². The molecule has 0 bridgehead atoms. The molecule has 2 aromatic carbocycles. The van der Waals surface area contributed by atoms with Crippen LogP contribution >= 0.6 is 0 Å². The number of fused-ring (bicyclic) bond motifs is 1. The van der Waals surface area contributed by atoms with Crippen molar-refractivity contribution in [3.63, 3.8) is 0 Å². The zero-order chi connectivity index (χ0) is 16.9. The van der Waals surface area contributed by atoms with Gasteiger partial charge in [-0.2, -0.15) is 0 Å². The highest BCUT2D eigenvalue weighted by Crippen LogP contribution is 2.31. The second-order valence-corrected chi connectivity index (χ2v) is 7.80. The van der Waals surface area contributed by atoms with Crippen LogP contribution < -0.4 is 0 Å². The Hall–Kier alpha value is -1.56. The molecule has 0 amide bonds. The van der Waals surface area contributed by atoms with Crippen LogP contribution in [0.5, 0.6) is 0 Å². The van der Waals surface area contributed by atoms with Gasteiger partial charge in [0.05, 0.1) is 0 Å². The molecule has 0 aliphatic heterocycles. The van der Waals surface area contributed by atoms with Gasteiger partial charge >= 0.3 is 0 Å². The lowest BCUT2D eigenvalue weighted by atomic mass is 9.81. The zero-order valence-corrected chi connectivity index (χ0v) is 15.6. The summed E-state index contributed by atoms with van der Waals surface area (Å²) < 4.78 is 0. The Kier molecular flexibility index (Phi) is 5.76. The zero-order valence-electron chi connectivity index (χ0n) is 15.6. The molecular formula is C24H32. The average molecular weight is 321 g/mol. The van der Waals surface area contributed by atoms with E-state index in [0.717, 1.165) is 11.8 Å². The smallest absolute Gasteiger partial charge is 0.0181 e. The number of hydrogen-bond donors (Lipinski definition) is 0. The summed E-state index contributed by atoms with van der Waals surface area (Å²) in [5, 5.41) is 0. The summed E-state index contributed by atoms with van der Waals surface area (Å²) in [6, 6.07) is 16.4. The fourth-order valence-corrected chi connectivity index (χ4v) is 4.04. The lowest BCUT2D eigenvalue weighted by Crippen LogP contribution is -2.14. The average Bonchev–Trinajstić information content (AvgIpc) is 2.62. The predicted octanol–water partition coefficient (Wildman–Crippen LogP) is 6.85. The minimum Gasteiger partial charge on any atom is -0.0654 e. The van der Waals surface area contributed by atoms with Crippen LogP contribution in [-0.4, -0.2) is 0 Å². The van der Waals surface area contributed by atoms with Crippen molar-refractivity contribution in [3.05, 3.63) is 59.2 Å². The molecule has 0 nitrogen and oxygen atoms in total. The Morgan fingerprint density at radius 3 is 2.42 bits per heavy atom. The summed E-state index contributed by atoms with van der Waals surface area (Å²) in [6.45, 7) is 6.92. The summed E-state index contributed by atoms with van der Waals surface area (Å²) in [5.74, 6) is 1.68. The largest absolute Gasteiger partial charge is 0.0654 e. The monoisotopic (exact) mass is 320 g/mol. The Balaban J connectivity index is 1.74. The molecule has 0 heteroatoms. The molecule has 128 valence electrons. The van der Waals surface area contributed by atoms with Gasteiger partial charge in [-0.15, -0.1) is 0 Å². The fourth-order valence-electron chi connectivity index (χ4n) is 4.04. The van der Waals surface area contributed by atoms with Gasteiger partial charge in [-0.1, -0.05) is 82.5 Å². The molecule has 1 aliphatic rings. The van der Waals surface area contributed by atoms with Crippen molar-refractivity contribution in [2.45, 2.75) is 65.7 Å². The highest BCUT2D eigenvalue weighted by atomic mass is 14.2. The second kappa shape index (κ2) is 8.01. The van der Waals surface area contributed by atoms with Crippen molar-refractivity contribution in [2.75, 3.05) is 0 Å². The van der Waals surface area contributed by atoms with Crippen LogP contribution in [0.4, 0.5) is 0 Å². The van der Waals surface area contributed by atoms with Crippen molar-refractivity contribution < 1.29 is 0 Å². The lowest BCUT2D eigenvalue weighted by Gasteiger charge is -2.25. The van der Waals surface area contributed by atoms with E-state index in [0.29, 0.717) is 0 Å². The van der Waals surface area contributed by atoms with Gasteiger partial charge in [0.25, 0.3) is 0 Å². The number of aryl methyl sites for hydroxylation is 1. The van der Waals surface area contributed by atoms with Gasteiger partial charge in [0, 0.05) is 0 Å². The second-order valence-electron chi connectivity index (χ2n) is 7.80. The van der Waals surface area contributed by atoms with E-state index in [9.17, 15) is 0 Å². The number of benzene rings is 2. The molecule has 0 heterocycles. The highest BCUT2D eigenvalue weighted by molar-refractivity contribution is 5.65. The van der Waals surface area contributed by atoms with Crippen molar-refractivity contribution in [2.24, 2.45) is 11.8 Å². The maximum Gasteiger partial charge on any atom is -0.0181 e. The van der Waals surface area contributed by atoms with Gasteiger partial charge in [-0.25, -0.2) is 0 Å². The predicted molar refractivity (Wildman–Crippen MR) is 105 cm³/mol. The molecule has 0 N–H and O–H groups in total. The molecule has 0 saturated carbocycles. The van der Waals surface area contributed by atoms with Gasteiger partial charge in [-0.3, -0.25) is 0 Å². The van der Waals surface area contributed by atoms with Crippen LogP contribution in [0.2, 0.25) is 0 Å². The van der Waals surface area contributed by atoms with E-state index < -0.39 is 0 Å². The lowest BCUT2D eigenvalue weighted by molar-refractivity contribution is 0.423. The molecule has 0 fully saturated rings. The Bertz CT molecular complexity index is 650. The summed E-state index contributed by atoms with van der Waals surface area (Å²) >= 11 is 0. The summed E-state index contributed by atoms with van der Waals surface area (Å²) in [7, 11) is 0. The summed E-state index contributed by atoms with van der Waals surface area (Å²) in [6.07, 6.45) is 9.08. The van der Waals surface area contributed by atoms with Crippen LogP contribution in [0.3, 0.4) is 0 Å². The minimum atomic E-state index is 0.774. The molecule has 0 spiro atoms. The highest BCUT2D eigenvalue weighted by Gasteiger charge is 2.18. The van der Waals surface area contributed by atoms with Crippen LogP contribution in [-0.2, 0) is 19.3 Å². The standard InChI is InChI=1S/C24H32/c1-4-6-19-9-12-24-17-23(14-13-22(24)16-19)21-10-7-20(8-11-21)15-18(3)5-2/h7-8,10-11,13-14,17-19H,4-6,9,12,15-16H2,1-3H3. The fraction of sp³-hybridized carbons (Fsp3) is 0.500. The van der Waals surface area contributed by atoms with Gasteiger partial charge in [-0.05, 0) is 65.3 Å². The van der Waals surface area contributed by atoms with E-state index in [4.69, 9.17) is 0 Å². The van der Waals surface area contributed by atoms with Crippen molar-refractivity contribution in [1.82, 2.24) is 0 Å². The summed E-state index contributed by atoms with van der Waals surface area (Å²) in [5.41, 5.74) is 7.40. The quantitative estimate of drug-likeness (QED) is 0.546. The maximum absolute atomic E-state index is 2.45. The van der Waals surface area contributed by atoms with Crippen LogP contribution in [0.15, 0.2) is 42.5 Å². The first-order valence-electron chi connectivity index (χ1n) is 9.90. The molecule has 0 saturated heterocycles. The molecule has 0 radical (unpaired) electrons. The van der Waals surface area contributed by atoms with Crippen LogP contribution in [0, 0.1) is 11.8 Å². The third-order valence-electron chi connectivity index (χ3n) is 5.80. The SMILES string of the molecule is CCCC1CCc2cc(-c3ccc(CC(C)CC)cc3)ccc2C1.